The highest BCUT2D eigenvalue weighted by Crippen LogP contribution is 2.31. The Labute approximate surface area is 111 Å². The number of hydrogen-bond donors (Lipinski definition) is 2. The molecule has 0 fully saturated rings. The number of carbonyl (C=O) groups is 2. The first-order valence-electron chi connectivity index (χ1n) is 5.46. The van der Waals surface area contributed by atoms with Gasteiger partial charge in [0.1, 0.15) is 0 Å². The minimum Gasteiger partial charge on any atom is -0.465 e. The lowest BCUT2D eigenvalue weighted by molar-refractivity contribution is -0.138. The van der Waals surface area contributed by atoms with Crippen molar-refractivity contribution < 1.29 is 32.6 Å². The van der Waals surface area contributed by atoms with Crippen LogP contribution < -0.4 is 5.32 Å². The van der Waals surface area contributed by atoms with Gasteiger partial charge >= 0.3 is 18.2 Å². The molecule has 0 saturated carbocycles. The molecule has 1 aromatic heterocycles. The molecule has 1 heterocycles. The molecular weight excluding hydrogens is 281 g/mol. The van der Waals surface area contributed by atoms with Gasteiger partial charge in [0.05, 0.1) is 24.4 Å². The third kappa shape index (κ3) is 4.11. The molecule has 0 radical (unpaired) electrons. The predicted molar refractivity (Wildman–Crippen MR) is 60.1 cm³/mol. The van der Waals surface area contributed by atoms with E-state index in [1.165, 1.54) is 6.92 Å². The molecule has 2 N–H and O–H groups in total. The maximum Gasteiger partial charge on any atom is 0.418 e. The van der Waals surface area contributed by atoms with E-state index in [1.807, 2.05) is 5.32 Å². The number of alkyl halides is 3. The van der Waals surface area contributed by atoms with Crippen LogP contribution in [-0.4, -0.2) is 28.8 Å². The number of nitrogens with zero attached hydrogens (tertiary/aromatic N) is 1. The second kappa shape index (κ2) is 6.22. The van der Waals surface area contributed by atoms with Crippen LogP contribution in [0.2, 0.25) is 0 Å². The van der Waals surface area contributed by atoms with Gasteiger partial charge < -0.3 is 15.2 Å². The van der Waals surface area contributed by atoms with Crippen LogP contribution in [0, 0.1) is 0 Å². The van der Waals surface area contributed by atoms with Gasteiger partial charge in [0.15, 0.2) is 5.69 Å². The number of carboxylic acid groups (broad SMARTS) is 1. The topological polar surface area (TPSA) is 88.5 Å². The van der Waals surface area contributed by atoms with Crippen LogP contribution in [0.5, 0.6) is 0 Å². The lowest BCUT2D eigenvalue weighted by atomic mass is 10.1. The molecule has 0 bridgehead atoms. The number of nitrogens with one attached hydrogen (secondary N) is 1. The highest BCUT2D eigenvalue weighted by molar-refractivity contribution is 5.89. The normalized spacial score (nSPS) is 11.0. The Morgan fingerprint density at radius 1 is 1.40 bits per heavy atom. The zero-order chi connectivity index (χ0) is 15.3. The number of esters is 1. The fourth-order valence-corrected chi connectivity index (χ4v) is 1.35. The Morgan fingerprint density at radius 3 is 2.55 bits per heavy atom. The summed E-state index contributed by atoms with van der Waals surface area (Å²) in [6.45, 7) is 1.02. The monoisotopic (exact) mass is 292 g/mol. The summed E-state index contributed by atoms with van der Waals surface area (Å²) in [6, 6.07) is 1.65. The van der Waals surface area contributed by atoms with E-state index < -0.39 is 29.5 Å². The average Bonchev–Trinajstić information content (AvgIpc) is 2.35. The molecule has 6 nitrogen and oxygen atoms in total. The first-order chi connectivity index (χ1) is 9.25. The number of aromatic nitrogens is 1. The minimum absolute atomic E-state index is 0.0246. The molecular formula is C11H11F3N2O4. The molecule has 0 unspecified atom stereocenters. The van der Waals surface area contributed by atoms with Crippen molar-refractivity contribution in [2.45, 2.75) is 19.6 Å². The highest BCUT2D eigenvalue weighted by atomic mass is 19.4. The molecule has 0 aliphatic rings. The lowest BCUT2D eigenvalue weighted by Crippen LogP contribution is -2.23. The summed E-state index contributed by atoms with van der Waals surface area (Å²) in [5.74, 6) is -1.21. The molecule has 0 atom stereocenters. The van der Waals surface area contributed by atoms with Gasteiger partial charge in [0, 0.05) is 0 Å². The van der Waals surface area contributed by atoms with E-state index in [4.69, 9.17) is 5.11 Å². The molecule has 1 rings (SSSR count). The predicted octanol–water partition coefficient (Wildman–Crippen LogP) is 2.04. The van der Waals surface area contributed by atoms with Crippen molar-refractivity contribution in [3.05, 3.63) is 29.1 Å². The summed E-state index contributed by atoms with van der Waals surface area (Å²) in [4.78, 5) is 25.3. The first-order valence-corrected chi connectivity index (χ1v) is 5.46. The molecule has 1 amide bonds. The zero-order valence-electron chi connectivity index (χ0n) is 10.3. The Morgan fingerprint density at radius 2 is 2.05 bits per heavy atom. The quantitative estimate of drug-likeness (QED) is 0.829. The molecule has 0 spiro atoms. The van der Waals surface area contributed by atoms with Crippen LogP contribution in [0.4, 0.5) is 18.0 Å². The number of rotatable bonds is 4. The van der Waals surface area contributed by atoms with Crippen molar-refractivity contribution in [3.8, 4) is 0 Å². The van der Waals surface area contributed by atoms with Crippen molar-refractivity contribution in [3.63, 3.8) is 0 Å². The van der Waals surface area contributed by atoms with E-state index in [2.05, 4.69) is 9.72 Å². The lowest BCUT2D eigenvalue weighted by Gasteiger charge is -2.12. The summed E-state index contributed by atoms with van der Waals surface area (Å²) >= 11 is 0. The summed E-state index contributed by atoms with van der Waals surface area (Å²) < 4.78 is 42.7. The summed E-state index contributed by atoms with van der Waals surface area (Å²) in [7, 11) is 0. The first kappa shape index (κ1) is 15.7. The van der Waals surface area contributed by atoms with Gasteiger partial charge in [-0.25, -0.2) is 14.6 Å². The van der Waals surface area contributed by atoms with Gasteiger partial charge in [-0.1, -0.05) is 0 Å². The van der Waals surface area contributed by atoms with Crippen molar-refractivity contribution in [1.29, 1.82) is 0 Å². The van der Waals surface area contributed by atoms with E-state index in [0.29, 0.717) is 6.07 Å². The van der Waals surface area contributed by atoms with Crippen molar-refractivity contribution in [2.75, 3.05) is 6.61 Å². The molecule has 0 aliphatic carbocycles. The fourth-order valence-electron chi connectivity index (χ4n) is 1.35. The second-order valence-electron chi connectivity index (χ2n) is 3.58. The van der Waals surface area contributed by atoms with Gasteiger partial charge in [-0.3, -0.25) is 0 Å². The number of carbonyl (C=O) groups excluding carboxylic acids is 1. The van der Waals surface area contributed by atoms with Crippen molar-refractivity contribution in [1.82, 2.24) is 10.3 Å². The third-order valence-electron chi connectivity index (χ3n) is 2.15. The molecule has 0 aromatic carbocycles. The van der Waals surface area contributed by atoms with Gasteiger partial charge in [-0.2, -0.15) is 13.2 Å². The smallest absolute Gasteiger partial charge is 0.418 e. The standard InChI is InChI=1S/C11H11F3N2O4/c1-2-20-9(17)8-7(11(12,13)14)4-3-6(16-8)5-15-10(18)19/h3-4,15H,2,5H2,1H3,(H,18,19). The number of amides is 1. The average molecular weight is 292 g/mol. The second-order valence-corrected chi connectivity index (χ2v) is 3.58. The third-order valence-corrected chi connectivity index (χ3v) is 2.15. The van der Waals surface area contributed by atoms with Gasteiger partial charge in [-0.15, -0.1) is 0 Å². The minimum atomic E-state index is -4.76. The van der Waals surface area contributed by atoms with Gasteiger partial charge in [0.25, 0.3) is 0 Å². The molecule has 0 saturated heterocycles. The summed E-state index contributed by atoms with van der Waals surface area (Å²) in [5.41, 5.74) is -2.14. The van der Waals surface area contributed by atoms with Crippen LogP contribution in [0.1, 0.15) is 28.7 Å². The number of halogens is 3. The largest absolute Gasteiger partial charge is 0.465 e. The molecule has 9 heteroatoms. The van der Waals surface area contributed by atoms with E-state index in [0.717, 1.165) is 6.07 Å². The molecule has 20 heavy (non-hydrogen) atoms. The van der Waals surface area contributed by atoms with Crippen LogP contribution in [0.25, 0.3) is 0 Å². The molecule has 1 aromatic rings. The van der Waals surface area contributed by atoms with Crippen LogP contribution >= 0.6 is 0 Å². The zero-order valence-corrected chi connectivity index (χ0v) is 10.3. The summed E-state index contributed by atoms with van der Waals surface area (Å²) in [6.07, 6.45) is -6.11. The van der Waals surface area contributed by atoms with Crippen LogP contribution in [0.15, 0.2) is 12.1 Å². The Balaban J connectivity index is 3.15. The maximum atomic E-state index is 12.7. The van der Waals surface area contributed by atoms with Crippen LogP contribution in [-0.2, 0) is 17.5 Å². The molecule has 0 aliphatic heterocycles. The van der Waals surface area contributed by atoms with Crippen molar-refractivity contribution >= 4 is 12.1 Å². The molecule has 110 valence electrons. The SMILES string of the molecule is CCOC(=O)c1nc(CNC(=O)O)ccc1C(F)(F)F. The Kier molecular flexibility index (Phi) is 4.89. The Hall–Kier alpha value is -2.32. The van der Waals surface area contributed by atoms with Gasteiger partial charge in [-0.05, 0) is 19.1 Å². The number of pyridine rings is 1. The van der Waals surface area contributed by atoms with E-state index in [9.17, 15) is 22.8 Å². The Bertz CT molecular complexity index is 517. The summed E-state index contributed by atoms with van der Waals surface area (Å²) in [5, 5.41) is 10.3. The van der Waals surface area contributed by atoms with Crippen LogP contribution in [0.3, 0.4) is 0 Å². The fraction of sp³-hybridized carbons (Fsp3) is 0.364. The highest BCUT2D eigenvalue weighted by Gasteiger charge is 2.36. The number of hydrogen-bond acceptors (Lipinski definition) is 4. The van der Waals surface area contributed by atoms with Crippen molar-refractivity contribution in [2.24, 2.45) is 0 Å². The van der Waals surface area contributed by atoms with E-state index in [1.54, 1.807) is 0 Å². The van der Waals surface area contributed by atoms with Gasteiger partial charge in [0.2, 0.25) is 0 Å². The van der Waals surface area contributed by atoms with E-state index in [-0.39, 0.29) is 18.8 Å². The van der Waals surface area contributed by atoms with E-state index >= 15 is 0 Å². The maximum absolute atomic E-state index is 12.7. The number of ether oxygens (including phenoxy) is 1.